The number of hydrogen-bond donors (Lipinski definition) is 0. The molecule has 3 heterocycles. The Balaban J connectivity index is 1.53. The fourth-order valence-electron chi connectivity index (χ4n) is 3.15. The van der Waals surface area contributed by atoms with Gasteiger partial charge in [-0.1, -0.05) is 18.2 Å². The number of amides is 3. The number of imide groups is 1. The average Bonchev–Trinajstić information content (AvgIpc) is 3.16. The van der Waals surface area contributed by atoms with Gasteiger partial charge in [-0.05, 0) is 12.1 Å². The fraction of sp³-hybridized carbons (Fsp3) is 0.312. The van der Waals surface area contributed by atoms with Crippen LogP contribution in [0.2, 0.25) is 0 Å². The van der Waals surface area contributed by atoms with Gasteiger partial charge in [-0.25, -0.2) is 9.69 Å². The maximum atomic E-state index is 12.7. The van der Waals surface area contributed by atoms with Crippen molar-refractivity contribution >= 4 is 29.0 Å². The molecule has 2 saturated heterocycles. The van der Waals surface area contributed by atoms with Gasteiger partial charge in [0.15, 0.2) is 0 Å². The molecule has 1 atom stereocenters. The summed E-state index contributed by atoms with van der Waals surface area (Å²) in [5.41, 5.74) is 2.46. The number of hydrogen-bond acceptors (Lipinski definition) is 5. The van der Waals surface area contributed by atoms with E-state index in [1.807, 2.05) is 29.9 Å². The van der Waals surface area contributed by atoms with Crippen molar-refractivity contribution in [1.82, 2.24) is 14.8 Å². The van der Waals surface area contributed by atoms with E-state index in [0.29, 0.717) is 18.8 Å². The molecule has 0 bridgehead atoms. The number of aromatic nitrogens is 1. The minimum absolute atomic E-state index is 0.129. The third kappa shape index (κ3) is 2.51. The number of anilines is 1. The lowest BCUT2D eigenvalue weighted by Crippen LogP contribution is -2.52. The highest BCUT2D eigenvalue weighted by molar-refractivity contribution is 7.09. The lowest BCUT2D eigenvalue weighted by atomic mass is 10.2. The van der Waals surface area contributed by atoms with Crippen LogP contribution in [0.4, 0.5) is 10.5 Å². The van der Waals surface area contributed by atoms with Crippen LogP contribution in [0.3, 0.4) is 0 Å². The molecular formula is C16H16N4O2S. The van der Waals surface area contributed by atoms with Crippen molar-refractivity contribution in [3.63, 3.8) is 0 Å². The van der Waals surface area contributed by atoms with E-state index >= 15 is 0 Å². The first-order chi connectivity index (χ1) is 11.2. The van der Waals surface area contributed by atoms with E-state index < -0.39 is 0 Å². The molecule has 4 rings (SSSR count). The van der Waals surface area contributed by atoms with Crippen molar-refractivity contribution in [2.75, 3.05) is 24.5 Å². The molecule has 6 nitrogen and oxygen atoms in total. The highest BCUT2D eigenvalue weighted by Gasteiger charge is 2.48. The third-order valence-electron chi connectivity index (χ3n) is 4.28. The van der Waals surface area contributed by atoms with Crippen LogP contribution in [0.15, 0.2) is 42.0 Å². The van der Waals surface area contributed by atoms with Crippen LogP contribution in [0.1, 0.15) is 4.88 Å². The second-order valence-corrected chi connectivity index (χ2v) is 6.67. The van der Waals surface area contributed by atoms with Gasteiger partial charge >= 0.3 is 6.03 Å². The monoisotopic (exact) mass is 328 g/mol. The van der Waals surface area contributed by atoms with Crippen molar-refractivity contribution < 1.29 is 9.59 Å². The van der Waals surface area contributed by atoms with Crippen LogP contribution in [0, 0.1) is 0 Å². The van der Waals surface area contributed by atoms with E-state index in [9.17, 15) is 9.59 Å². The summed E-state index contributed by atoms with van der Waals surface area (Å²) in [6, 6.07) is 8.55. The van der Waals surface area contributed by atoms with E-state index in [2.05, 4.69) is 9.88 Å². The van der Waals surface area contributed by atoms with Gasteiger partial charge in [-0.3, -0.25) is 14.7 Å². The Morgan fingerprint density at radius 1 is 1.17 bits per heavy atom. The lowest BCUT2D eigenvalue weighted by molar-refractivity contribution is -0.121. The van der Waals surface area contributed by atoms with Gasteiger partial charge in [-0.2, -0.15) is 0 Å². The molecule has 1 aromatic heterocycles. The zero-order valence-corrected chi connectivity index (χ0v) is 13.3. The van der Waals surface area contributed by atoms with Crippen LogP contribution >= 0.6 is 11.3 Å². The summed E-state index contributed by atoms with van der Waals surface area (Å²) in [5.74, 6) is -0.129. The summed E-state index contributed by atoms with van der Waals surface area (Å²) in [6.45, 7) is 2.71. The molecule has 0 spiro atoms. The molecule has 0 N–H and O–H groups in total. The zero-order chi connectivity index (χ0) is 15.8. The molecule has 0 unspecified atom stereocenters. The van der Waals surface area contributed by atoms with Crippen molar-refractivity contribution in [2.24, 2.45) is 0 Å². The minimum atomic E-state index is -0.385. The van der Waals surface area contributed by atoms with Gasteiger partial charge in [0, 0.05) is 37.3 Å². The summed E-state index contributed by atoms with van der Waals surface area (Å²) >= 11 is 1.61. The number of nitrogens with zero attached hydrogens (tertiary/aromatic N) is 4. The summed E-state index contributed by atoms with van der Waals surface area (Å²) in [7, 11) is 0. The van der Waals surface area contributed by atoms with E-state index in [0.717, 1.165) is 13.1 Å². The van der Waals surface area contributed by atoms with Crippen LogP contribution in [-0.2, 0) is 11.3 Å². The number of benzene rings is 1. The Morgan fingerprint density at radius 2 is 2.00 bits per heavy atom. The number of urea groups is 1. The van der Waals surface area contributed by atoms with Gasteiger partial charge in [0.1, 0.15) is 6.04 Å². The second kappa shape index (κ2) is 5.75. The van der Waals surface area contributed by atoms with Gasteiger partial charge in [-0.15, -0.1) is 11.3 Å². The summed E-state index contributed by atoms with van der Waals surface area (Å²) in [4.78, 5) is 35.8. The van der Waals surface area contributed by atoms with Crippen LogP contribution in [0.5, 0.6) is 0 Å². The number of thiazole rings is 1. The third-order valence-corrected chi connectivity index (χ3v) is 5.05. The Kier molecular flexibility index (Phi) is 3.59. The molecule has 0 radical (unpaired) electrons. The maximum absolute atomic E-state index is 12.7. The summed E-state index contributed by atoms with van der Waals surface area (Å²) < 4.78 is 0. The van der Waals surface area contributed by atoms with E-state index in [4.69, 9.17) is 0 Å². The largest absolute Gasteiger partial charge is 0.332 e. The van der Waals surface area contributed by atoms with E-state index in [1.165, 1.54) is 9.78 Å². The van der Waals surface area contributed by atoms with Gasteiger partial charge < -0.3 is 4.90 Å². The van der Waals surface area contributed by atoms with Crippen LogP contribution in [0.25, 0.3) is 0 Å². The fourth-order valence-corrected chi connectivity index (χ4v) is 3.79. The smallest absolute Gasteiger partial charge is 0.309 e. The normalized spacial score (nSPS) is 21.8. The number of rotatable bonds is 3. The molecule has 3 amide bonds. The quantitative estimate of drug-likeness (QED) is 0.806. The molecule has 1 aromatic carbocycles. The molecule has 23 heavy (non-hydrogen) atoms. The molecule has 2 fully saturated rings. The number of carbonyl (C=O) groups is 2. The number of fused-ring (bicyclic) bond motifs is 1. The molecular weight excluding hydrogens is 312 g/mol. The highest BCUT2D eigenvalue weighted by atomic mass is 32.1. The Bertz CT molecular complexity index is 719. The van der Waals surface area contributed by atoms with Gasteiger partial charge in [0.2, 0.25) is 0 Å². The van der Waals surface area contributed by atoms with Crippen LogP contribution < -0.4 is 4.90 Å². The van der Waals surface area contributed by atoms with Crippen molar-refractivity contribution in [1.29, 1.82) is 0 Å². The zero-order valence-electron chi connectivity index (χ0n) is 12.5. The predicted molar refractivity (Wildman–Crippen MR) is 87.2 cm³/mol. The van der Waals surface area contributed by atoms with E-state index in [-0.39, 0.29) is 18.0 Å². The Labute approximate surface area is 137 Å². The Hall–Kier alpha value is -2.25. The molecule has 7 heteroatoms. The second-order valence-electron chi connectivity index (χ2n) is 5.70. The standard InChI is InChI=1S/C16H16N4O2S/c21-15-14-10-18(9-13-8-17-11-23-13)6-7-19(14)16(22)20(15)12-4-2-1-3-5-12/h1-5,8,11,14H,6-7,9-10H2/t14-/m0/s1. The first-order valence-electron chi connectivity index (χ1n) is 7.53. The minimum Gasteiger partial charge on any atom is -0.309 e. The molecule has 2 aromatic rings. The highest BCUT2D eigenvalue weighted by Crippen LogP contribution is 2.28. The first kappa shape index (κ1) is 14.3. The number of para-hydroxylation sites is 1. The predicted octanol–water partition coefficient (Wildman–Crippen LogP) is 1.80. The number of carbonyl (C=O) groups excluding carboxylic acids is 2. The van der Waals surface area contributed by atoms with Crippen LogP contribution in [-0.4, -0.2) is 52.4 Å². The maximum Gasteiger partial charge on any atom is 0.332 e. The molecule has 2 aliphatic rings. The Morgan fingerprint density at radius 3 is 2.74 bits per heavy atom. The van der Waals surface area contributed by atoms with Gasteiger partial charge in [0.05, 0.1) is 11.2 Å². The number of piperazine rings is 1. The molecule has 118 valence electrons. The SMILES string of the molecule is O=C1[C@@H]2CN(Cc3cncs3)CCN2C(=O)N1c1ccccc1. The van der Waals surface area contributed by atoms with E-state index in [1.54, 1.807) is 28.4 Å². The summed E-state index contributed by atoms with van der Waals surface area (Å²) in [5, 5.41) is 0. The molecule has 0 aliphatic carbocycles. The molecule has 0 saturated carbocycles. The lowest BCUT2D eigenvalue weighted by Gasteiger charge is -2.34. The van der Waals surface area contributed by atoms with Crippen molar-refractivity contribution in [3.8, 4) is 0 Å². The van der Waals surface area contributed by atoms with Gasteiger partial charge in [0.25, 0.3) is 5.91 Å². The average molecular weight is 328 g/mol. The van der Waals surface area contributed by atoms with Crippen molar-refractivity contribution in [2.45, 2.75) is 12.6 Å². The van der Waals surface area contributed by atoms with Crippen molar-refractivity contribution in [3.05, 3.63) is 46.9 Å². The topological polar surface area (TPSA) is 56.8 Å². The first-order valence-corrected chi connectivity index (χ1v) is 8.41. The molecule has 2 aliphatic heterocycles. The summed E-state index contributed by atoms with van der Waals surface area (Å²) in [6.07, 6.45) is 1.86.